The molecule has 9 heavy (non-hydrogen) atoms. The smallest absolute Gasteiger partial charge is 0.241 e. The van der Waals surface area contributed by atoms with E-state index in [9.17, 15) is 13.2 Å². The second-order valence-corrected chi connectivity index (χ2v) is 1.60. The molecule has 0 fully saturated rings. The number of nitrogens with one attached hydrogen (secondary N) is 1. The minimum atomic E-state index is -4.73. The first-order valence-electron chi connectivity index (χ1n) is 1.81. The predicted octanol–water partition coefficient (Wildman–Crippen LogP) is 1.24. The van der Waals surface area contributed by atoms with Crippen molar-refractivity contribution in [3.8, 4) is 0 Å². The van der Waals surface area contributed by atoms with Gasteiger partial charge in [0, 0.05) is 0 Å². The van der Waals surface area contributed by atoms with Crippen molar-refractivity contribution in [3.63, 3.8) is 0 Å². The van der Waals surface area contributed by atoms with Gasteiger partial charge in [0.25, 0.3) is 0 Å². The lowest BCUT2D eigenvalue weighted by Crippen LogP contribution is -2.12. The largest absolute Gasteiger partial charge is 0.550 e. The Morgan fingerprint density at radius 3 is 2.33 bits per heavy atom. The van der Waals surface area contributed by atoms with E-state index in [-0.39, 0.29) is 0 Å². The SMILES string of the molecule is CNSOOC(F)(F)F. The van der Waals surface area contributed by atoms with Crippen LogP contribution in [-0.4, -0.2) is 13.4 Å². The molecule has 0 radical (unpaired) electrons. The van der Waals surface area contributed by atoms with Crippen LogP contribution in [0.15, 0.2) is 0 Å². The third-order valence-corrected chi connectivity index (χ3v) is 0.549. The minimum Gasteiger partial charge on any atom is -0.241 e. The quantitative estimate of drug-likeness (QED) is 0.223. The van der Waals surface area contributed by atoms with Crippen LogP contribution in [-0.2, 0) is 9.22 Å². The summed E-state index contributed by atoms with van der Waals surface area (Å²) in [5.74, 6) is 0. The summed E-state index contributed by atoms with van der Waals surface area (Å²) in [6.45, 7) is 0. The third kappa shape index (κ3) is 8.02. The van der Waals surface area contributed by atoms with Crippen LogP contribution in [0.1, 0.15) is 0 Å². The second-order valence-electron chi connectivity index (χ2n) is 0.885. The van der Waals surface area contributed by atoms with Crippen molar-refractivity contribution >= 4 is 12.2 Å². The fourth-order valence-electron chi connectivity index (χ4n) is 0.0896. The average Bonchev–Trinajstić information content (AvgIpc) is 1.63. The molecule has 1 N–H and O–H groups in total. The van der Waals surface area contributed by atoms with Gasteiger partial charge in [-0.05, 0) is 7.05 Å². The molecule has 0 aliphatic rings. The summed E-state index contributed by atoms with van der Waals surface area (Å²) in [7, 11) is 1.39. The maximum absolute atomic E-state index is 11.0. The second kappa shape index (κ2) is 3.94. The molecule has 0 aromatic heterocycles. The van der Waals surface area contributed by atoms with Gasteiger partial charge in [-0.2, -0.15) is 0 Å². The van der Waals surface area contributed by atoms with Gasteiger partial charge in [-0.1, -0.05) is 0 Å². The molecule has 0 spiro atoms. The average molecular weight is 163 g/mol. The Kier molecular flexibility index (Phi) is 3.95. The molecule has 0 atom stereocenters. The highest BCUT2D eigenvalue weighted by Crippen LogP contribution is 2.18. The van der Waals surface area contributed by atoms with Crippen LogP contribution in [0, 0.1) is 0 Å². The summed E-state index contributed by atoms with van der Waals surface area (Å²) in [4.78, 5) is 2.87. The summed E-state index contributed by atoms with van der Waals surface area (Å²) in [5.41, 5.74) is 0. The van der Waals surface area contributed by atoms with Gasteiger partial charge >= 0.3 is 6.36 Å². The van der Waals surface area contributed by atoms with Gasteiger partial charge in [-0.3, -0.25) is 0 Å². The molecule has 7 heteroatoms. The van der Waals surface area contributed by atoms with E-state index in [2.05, 4.69) is 13.9 Å². The normalized spacial score (nSPS) is 12.0. The molecule has 0 unspecified atom stereocenters. The van der Waals surface area contributed by atoms with E-state index in [4.69, 9.17) is 0 Å². The first-order chi connectivity index (χ1) is 4.06. The van der Waals surface area contributed by atoms with Gasteiger partial charge in [0.05, 0.1) is 0 Å². The molecule has 0 aliphatic heterocycles. The summed E-state index contributed by atoms with van der Waals surface area (Å²) >= 11 is 0.343. The molecule has 0 amide bonds. The zero-order valence-corrected chi connectivity index (χ0v) is 5.18. The highest BCUT2D eigenvalue weighted by Gasteiger charge is 2.31. The van der Waals surface area contributed by atoms with E-state index >= 15 is 0 Å². The van der Waals surface area contributed by atoms with Crippen molar-refractivity contribution < 1.29 is 22.4 Å². The van der Waals surface area contributed by atoms with Crippen molar-refractivity contribution in [3.05, 3.63) is 0 Å². The lowest BCUT2D eigenvalue weighted by atomic mass is 11.4. The zero-order valence-electron chi connectivity index (χ0n) is 4.36. The Labute approximate surface area is 53.8 Å². The van der Waals surface area contributed by atoms with Crippen LogP contribution < -0.4 is 4.72 Å². The molecule has 3 nitrogen and oxygen atoms in total. The first-order valence-corrected chi connectivity index (χ1v) is 2.55. The van der Waals surface area contributed by atoms with Gasteiger partial charge in [0.15, 0.2) is 0 Å². The Morgan fingerprint density at radius 1 is 1.44 bits per heavy atom. The molecular formula is C2H4F3NO2S. The van der Waals surface area contributed by atoms with Crippen LogP contribution in [0.2, 0.25) is 0 Å². The monoisotopic (exact) mass is 163 g/mol. The fraction of sp³-hybridized carbons (Fsp3) is 1.00. The van der Waals surface area contributed by atoms with Gasteiger partial charge < -0.3 is 0 Å². The lowest BCUT2D eigenvalue weighted by molar-refractivity contribution is -0.440. The number of rotatable bonds is 3. The Balaban J connectivity index is 3.07. The van der Waals surface area contributed by atoms with E-state index in [1.54, 1.807) is 0 Å². The zero-order chi connectivity index (χ0) is 7.33. The van der Waals surface area contributed by atoms with Gasteiger partial charge in [0.2, 0.25) is 0 Å². The van der Waals surface area contributed by atoms with Crippen molar-refractivity contribution in [2.45, 2.75) is 6.36 Å². The molecule has 0 heterocycles. The molecule has 0 saturated carbocycles. The highest BCUT2D eigenvalue weighted by molar-refractivity contribution is 7.92. The highest BCUT2D eigenvalue weighted by atomic mass is 32.2. The first kappa shape index (κ1) is 9.02. The summed E-state index contributed by atoms with van der Waals surface area (Å²) in [6, 6.07) is 0. The predicted molar refractivity (Wildman–Crippen MR) is 24.9 cm³/mol. The van der Waals surface area contributed by atoms with E-state index in [1.165, 1.54) is 7.05 Å². The molecule has 0 aromatic carbocycles. The van der Waals surface area contributed by atoms with E-state index in [1.807, 2.05) is 0 Å². The molecule has 0 bridgehead atoms. The maximum atomic E-state index is 11.0. The molecule has 0 aromatic rings. The van der Waals surface area contributed by atoms with Gasteiger partial charge in [-0.25, -0.2) is 4.72 Å². The van der Waals surface area contributed by atoms with Crippen LogP contribution in [0.3, 0.4) is 0 Å². The van der Waals surface area contributed by atoms with Crippen molar-refractivity contribution in [1.29, 1.82) is 0 Å². The summed E-state index contributed by atoms with van der Waals surface area (Å²) in [5, 5.41) is 0. The van der Waals surface area contributed by atoms with Gasteiger partial charge in [-0.15, -0.1) is 22.4 Å². The standard InChI is InChI=1S/C2H4F3NO2S/c1-6-9-8-7-2(3,4)5/h6H,1H3. The summed E-state index contributed by atoms with van der Waals surface area (Å²) < 4.78 is 38.7. The number of halogens is 3. The van der Waals surface area contributed by atoms with Crippen LogP contribution >= 0.6 is 12.2 Å². The van der Waals surface area contributed by atoms with Crippen LogP contribution in [0.25, 0.3) is 0 Å². The van der Waals surface area contributed by atoms with Crippen molar-refractivity contribution in [2.75, 3.05) is 7.05 Å². The van der Waals surface area contributed by atoms with E-state index in [0.717, 1.165) is 0 Å². The lowest BCUT2D eigenvalue weighted by Gasteiger charge is -2.02. The molecule has 0 saturated heterocycles. The summed E-state index contributed by atoms with van der Waals surface area (Å²) in [6.07, 6.45) is -4.73. The van der Waals surface area contributed by atoms with Crippen molar-refractivity contribution in [2.24, 2.45) is 0 Å². The Hall–Kier alpha value is 0.0200. The van der Waals surface area contributed by atoms with E-state index < -0.39 is 6.36 Å². The van der Waals surface area contributed by atoms with Crippen LogP contribution in [0.5, 0.6) is 0 Å². The fourth-order valence-corrected chi connectivity index (χ4v) is 0.269. The number of hydrogen-bond donors (Lipinski definition) is 1. The van der Waals surface area contributed by atoms with Crippen molar-refractivity contribution in [1.82, 2.24) is 4.72 Å². The minimum absolute atomic E-state index is 0.343. The van der Waals surface area contributed by atoms with Crippen LogP contribution in [0.4, 0.5) is 13.2 Å². The maximum Gasteiger partial charge on any atom is 0.550 e. The molecule has 0 rings (SSSR count). The Bertz CT molecular complexity index is 76.7. The molecule has 0 aliphatic carbocycles. The number of alkyl halides is 3. The molecular weight excluding hydrogens is 159 g/mol. The third-order valence-electron chi connectivity index (χ3n) is 0.246. The van der Waals surface area contributed by atoms with E-state index in [0.29, 0.717) is 12.2 Å². The number of hydrogen-bond acceptors (Lipinski definition) is 4. The topological polar surface area (TPSA) is 30.5 Å². The van der Waals surface area contributed by atoms with Gasteiger partial charge in [0.1, 0.15) is 12.2 Å². The Morgan fingerprint density at radius 2 is 2.00 bits per heavy atom. The molecule has 56 valence electrons.